The summed E-state index contributed by atoms with van der Waals surface area (Å²) in [5, 5.41) is 18.3. The van der Waals surface area contributed by atoms with Gasteiger partial charge in [0.05, 0.1) is 29.3 Å². The lowest BCUT2D eigenvalue weighted by Gasteiger charge is -2.27. The Balaban J connectivity index is 1.56. The number of likely N-dealkylation sites (N-methyl/N-ethyl adjacent to an activating group) is 1. The molecule has 0 spiro atoms. The van der Waals surface area contributed by atoms with Crippen molar-refractivity contribution in [3.8, 4) is 16.8 Å². The quantitative estimate of drug-likeness (QED) is 0.252. The van der Waals surface area contributed by atoms with E-state index in [0.717, 1.165) is 15.8 Å². The number of nitrogens with one attached hydrogen (secondary N) is 1. The van der Waals surface area contributed by atoms with E-state index in [1.165, 1.54) is 21.7 Å². The van der Waals surface area contributed by atoms with Crippen molar-refractivity contribution in [3.63, 3.8) is 0 Å². The Hall–Kier alpha value is -5.16. The van der Waals surface area contributed by atoms with Crippen LogP contribution in [0, 0.1) is 5.82 Å². The highest BCUT2D eigenvalue weighted by molar-refractivity contribution is 5.87. The summed E-state index contributed by atoms with van der Waals surface area (Å²) in [7, 11) is 5.01. The van der Waals surface area contributed by atoms with E-state index in [9.17, 15) is 19.5 Å². The van der Waals surface area contributed by atoms with Crippen LogP contribution in [0.15, 0.2) is 76.7 Å². The summed E-state index contributed by atoms with van der Waals surface area (Å²) >= 11 is 0. The number of benzene rings is 2. The van der Waals surface area contributed by atoms with Gasteiger partial charge in [-0.25, -0.2) is 9.37 Å². The minimum absolute atomic E-state index is 0.0653. The number of fused-ring (bicyclic) bond motifs is 1. The number of hydrogen-bond acceptors (Lipinski definition) is 7. The topological polar surface area (TPSA) is 122 Å². The number of pyridine rings is 2. The molecule has 0 atom stereocenters. The van der Waals surface area contributed by atoms with Gasteiger partial charge < -0.3 is 19.9 Å². The van der Waals surface area contributed by atoms with E-state index in [1.54, 1.807) is 76.0 Å². The van der Waals surface area contributed by atoms with Crippen LogP contribution < -0.4 is 16.4 Å². The van der Waals surface area contributed by atoms with Crippen LogP contribution in [0.4, 0.5) is 15.9 Å². The molecular formula is C36H39FN6O4. The van der Waals surface area contributed by atoms with Gasteiger partial charge in [-0.15, -0.1) is 0 Å². The molecule has 1 amide bonds. The highest BCUT2D eigenvalue weighted by Gasteiger charge is 2.31. The van der Waals surface area contributed by atoms with Crippen LogP contribution in [-0.4, -0.2) is 49.3 Å². The van der Waals surface area contributed by atoms with Crippen LogP contribution >= 0.6 is 0 Å². The van der Waals surface area contributed by atoms with Crippen molar-refractivity contribution < 1.29 is 14.3 Å². The van der Waals surface area contributed by atoms with Crippen LogP contribution in [0.2, 0.25) is 0 Å². The average molecular weight is 639 g/mol. The van der Waals surface area contributed by atoms with Gasteiger partial charge in [0, 0.05) is 50.0 Å². The van der Waals surface area contributed by atoms with Gasteiger partial charge in [0.1, 0.15) is 17.3 Å². The number of hydrogen-bond donors (Lipinski definition) is 2. The first-order chi connectivity index (χ1) is 22.0. The molecule has 47 heavy (non-hydrogen) atoms. The summed E-state index contributed by atoms with van der Waals surface area (Å²) in [5.74, 6) is -0.307. The van der Waals surface area contributed by atoms with Gasteiger partial charge in [0.15, 0.2) is 0 Å². The third-order valence-corrected chi connectivity index (χ3v) is 8.43. The van der Waals surface area contributed by atoms with E-state index in [1.807, 2.05) is 34.6 Å². The molecule has 0 bridgehead atoms. The molecule has 0 radical (unpaired) electrons. The first-order valence-electron chi connectivity index (χ1n) is 15.2. The van der Waals surface area contributed by atoms with Gasteiger partial charge in [0.25, 0.3) is 11.1 Å². The minimum Gasteiger partial charge on any atom is -0.392 e. The molecule has 0 fully saturated rings. The lowest BCUT2D eigenvalue weighted by Crippen LogP contribution is -2.39. The number of nitrogens with zero attached hydrogens (tertiary/aromatic N) is 5. The highest BCUT2D eigenvalue weighted by atomic mass is 19.1. The first kappa shape index (κ1) is 33.2. The minimum atomic E-state index is -0.792. The molecular weight excluding hydrogens is 599 g/mol. The maximum absolute atomic E-state index is 15.4. The molecule has 0 aliphatic rings. The Labute approximate surface area is 272 Å². The number of anilines is 2. The van der Waals surface area contributed by atoms with Crippen molar-refractivity contribution >= 4 is 28.2 Å². The van der Waals surface area contributed by atoms with Gasteiger partial charge in [-0.05, 0) is 66.3 Å². The molecule has 2 N–H and O–H groups in total. The number of rotatable bonds is 7. The summed E-state index contributed by atoms with van der Waals surface area (Å²) in [6.07, 6.45) is 4.68. The van der Waals surface area contributed by atoms with E-state index >= 15 is 4.39 Å². The fourth-order valence-electron chi connectivity index (χ4n) is 5.65. The second-order valence-corrected chi connectivity index (χ2v) is 13.4. The van der Waals surface area contributed by atoms with Crippen LogP contribution in [0.5, 0.6) is 0 Å². The molecule has 0 unspecified atom stereocenters. The van der Waals surface area contributed by atoms with E-state index in [0.29, 0.717) is 27.9 Å². The monoisotopic (exact) mass is 638 g/mol. The number of carbonyl (C=O) groups excluding carboxylic acids is 1. The second-order valence-electron chi connectivity index (χ2n) is 13.4. The standard InChI is InChI=1S/C36H39FN6O4/c1-35(2,3)24-14-21-17-39-43(33(46)31(21)27(37)16-24)29-11-9-10-25(26(29)20-44)22-15-28(32(45)42(8)19-22)40-30-13-12-23(18-38-30)36(4,5)34(47)41(6)7/h9-19,44H,20H2,1-8H3,(H,38,40). The third-order valence-electron chi connectivity index (χ3n) is 8.43. The maximum Gasteiger partial charge on any atom is 0.282 e. The lowest BCUT2D eigenvalue weighted by atomic mass is 9.84. The van der Waals surface area contributed by atoms with Crippen LogP contribution in [0.3, 0.4) is 0 Å². The summed E-state index contributed by atoms with van der Waals surface area (Å²) in [6, 6.07) is 13.4. The molecule has 244 valence electrons. The predicted molar refractivity (Wildman–Crippen MR) is 182 cm³/mol. The van der Waals surface area contributed by atoms with Crippen molar-refractivity contribution in [3.05, 3.63) is 110 Å². The van der Waals surface area contributed by atoms with E-state index in [-0.39, 0.29) is 33.6 Å². The summed E-state index contributed by atoms with van der Waals surface area (Å²) in [6.45, 7) is 9.08. The number of aliphatic hydroxyl groups is 1. The normalized spacial score (nSPS) is 12.0. The largest absolute Gasteiger partial charge is 0.392 e. The van der Waals surface area contributed by atoms with Gasteiger partial charge >= 0.3 is 0 Å². The smallest absolute Gasteiger partial charge is 0.282 e. The number of aryl methyl sites for hydroxylation is 1. The molecule has 3 aromatic heterocycles. The van der Waals surface area contributed by atoms with E-state index in [4.69, 9.17) is 0 Å². The fourth-order valence-corrected chi connectivity index (χ4v) is 5.65. The van der Waals surface area contributed by atoms with Crippen molar-refractivity contribution in [1.82, 2.24) is 24.2 Å². The molecule has 10 nitrogen and oxygen atoms in total. The zero-order valence-electron chi connectivity index (χ0n) is 27.8. The molecule has 0 aliphatic heterocycles. The van der Waals surface area contributed by atoms with Gasteiger partial charge in [-0.2, -0.15) is 9.78 Å². The lowest BCUT2D eigenvalue weighted by molar-refractivity contribution is -0.133. The second kappa shape index (κ2) is 12.2. The molecule has 5 rings (SSSR count). The third kappa shape index (κ3) is 6.18. The molecule has 3 heterocycles. The Morgan fingerprint density at radius 3 is 2.32 bits per heavy atom. The molecule has 0 saturated carbocycles. The summed E-state index contributed by atoms with van der Waals surface area (Å²) in [4.78, 5) is 45.5. The number of halogens is 1. The highest BCUT2D eigenvalue weighted by Crippen LogP contribution is 2.31. The van der Waals surface area contributed by atoms with E-state index < -0.39 is 23.4 Å². The predicted octanol–water partition coefficient (Wildman–Crippen LogP) is 5.18. The van der Waals surface area contributed by atoms with Crippen molar-refractivity contribution in [2.24, 2.45) is 7.05 Å². The van der Waals surface area contributed by atoms with Crippen LogP contribution in [0.1, 0.15) is 51.3 Å². The van der Waals surface area contributed by atoms with Crippen molar-refractivity contribution in [2.75, 3.05) is 19.4 Å². The van der Waals surface area contributed by atoms with E-state index in [2.05, 4.69) is 15.4 Å². The zero-order valence-corrected chi connectivity index (χ0v) is 27.8. The summed E-state index contributed by atoms with van der Waals surface area (Å²) in [5.41, 5.74) is 1.38. The number of aromatic nitrogens is 4. The molecule has 0 aliphatic carbocycles. The molecule has 5 aromatic rings. The SMILES string of the molecule is CN(C)C(=O)C(C)(C)c1ccc(Nc2cc(-c3cccc(-n4ncc5cc(C(C)(C)C)cc(F)c5c4=O)c3CO)cn(C)c2=O)nc1. The molecule has 2 aromatic carbocycles. The van der Waals surface area contributed by atoms with Crippen molar-refractivity contribution in [2.45, 2.75) is 52.1 Å². The summed E-state index contributed by atoms with van der Waals surface area (Å²) < 4.78 is 17.9. The average Bonchev–Trinajstić information content (AvgIpc) is 3.02. The Morgan fingerprint density at radius 1 is 0.979 bits per heavy atom. The fraction of sp³-hybridized carbons (Fsp3) is 0.306. The first-order valence-corrected chi connectivity index (χ1v) is 15.2. The Morgan fingerprint density at radius 2 is 1.70 bits per heavy atom. The maximum atomic E-state index is 15.4. The Bertz CT molecular complexity index is 2130. The van der Waals surface area contributed by atoms with Crippen LogP contribution in [-0.2, 0) is 29.3 Å². The Kier molecular flexibility index (Phi) is 8.63. The van der Waals surface area contributed by atoms with Gasteiger partial charge in [-0.1, -0.05) is 39.0 Å². The van der Waals surface area contributed by atoms with Gasteiger partial charge in [-0.3, -0.25) is 14.4 Å². The molecule has 11 heteroatoms. The number of carbonyl (C=O) groups is 1. The molecule has 0 saturated heterocycles. The zero-order chi connectivity index (χ0) is 34.4. The van der Waals surface area contributed by atoms with Gasteiger partial charge in [0.2, 0.25) is 5.91 Å². The number of aliphatic hydroxyl groups excluding tert-OH is 1. The number of amides is 1. The van der Waals surface area contributed by atoms with Crippen molar-refractivity contribution in [1.29, 1.82) is 0 Å². The van der Waals surface area contributed by atoms with Crippen LogP contribution in [0.25, 0.3) is 27.6 Å².